The summed E-state index contributed by atoms with van der Waals surface area (Å²) in [6.07, 6.45) is 3.28. The molecule has 0 N–H and O–H groups in total. The van der Waals surface area contributed by atoms with E-state index in [-0.39, 0.29) is 11.7 Å². The molecule has 0 spiro atoms. The lowest BCUT2D eigenvalue weighted by atomic mass is 8.93. The zero-order valence-corrected chi connectivity index (χ0v) is 8.09. The van der Waals surface area contributed by atoms with Crippen LogP contribution in [0, 0.1) is 0 Å². The summed E-state index contributed by atoms with van der Waals surface area (Å²) in [6, 6.07) is 0. The van der Waals surface area contributed by atoms with Gasteiger partial charge in [0, 0.05) is 36.8 Å². The van der Waals surface area contributed by atoms with Crippen molar-refractivity contribution in [3.05, 3.63) is 0 Å². The number of hydrogen-bond donors (Lipinski definition) is 0. The standard InChI is InChI=1S/C6H12B6/c1-3-4-5-6(2,10-7)12(9)11-8/h3-5H2,1-2H3. The molecule has 0 nitrogen and oxygen atoms in total. The first kappa shape index (κ1) is 12.4. The van der Waals surface area contributed by atoms with Gasteiger partial charge < -0.3 is 0 Å². The average molecular weight is 149 g/mol. The van der Waals surface area contributed by atoms with Crippen molar-refractivity contribution in [1.29, 1.82) is 0 Å². The maximum Gasteiger partial charge on any atom is 0.0510 e. The van der Waals surface area contributed by atoms with Gasteiger partial charge in [-0.05, 0) is 0 Å². The van der Waals surface area contributed by atoms with Crippen LogP contribution >= 0.6 is 0 Å². The predicted octanol–water partition coefficient (Wildman–Crippen LogP) is 0.126. The lowest BCUT2D eigenvalue weighted by Crippen LogP contribution is -2.42. The van der Waals surface area contributed by atoms with Crippen molar-refractivity contribution < 1.29 is 0 Å². The molecule has 0 aromatic heterocycles. The first-order valence-corrected chi connectivity index (χ1v) is 4.47. The zero-order chi connectivity index (χ0) is 9.61. The van der Waals surface area contributed by atoms with Crippen LogP contribution in [0.2, 0.25) is 5.21 Å². The normalized spacial score (nSPS) is 14.8. The second-order valence-corrected chi connectivity index (χ2v) is 3.49. The van der Waals surface area contributed by atoms with Crippen LogP contribution in [0.5, 0.6) is 0 Å². The predicted molar refractivity (Wildman–Crippen MR) is 62.4 cm³/mol. The van der Waals surface area contributed by atoms with Gasteiger partial charge in [-0.2, -0.15) is 0 Å². The summed E-state index contributed by atoms with van der Waals surface area (Å²) in [6.45, 7) is 4.04. The molecule has 0 aliphatic carbocycles. The van der Waals surface area contributed by atoms with E-state index < -0.39 is 0 Å². The Hall–Kier alpha value is 0.390. The lowest BCUT2D eigenvalue weighted by Gasteiger charge is -2.34. The van der Waals surface area contributed by atoms with Crippen LogP contribution in [0.3, 0.4) is 0 Å². The number of hydrogen-bond acceptors (Lipinski definition) is 0. The zero-order valence-electron chi connectivity index (χ0n) is 8.09. The third-order valence-electron chi connectivity index (χ3n) is 2.42. The van der Waals surface area contributed by atoms with Gasteiger partial charge >= 0.3 is 0 Å². The number of unbranched alkanes of at least 4 members (excludes halogenated alkanes) is 1. The highest BCUT2D eigenvalue weighted by Gasteiger charge is 2.27. The maximum absolute atomic E-state index is 5.81. The second-order valence-electron chi connectivity index (χ2n) is 3.49. The fraction of sp³-hybridized carbons (Fsp3) is 1.00. The fourth-order valence-electron chi connectivity index (χ4n) is 1.14. The van der Waals surface area contributed by atoms with E-state index in [0.717, 1.165) is 19.3 Å². The van der Waals surface area contributed by atoms with Gasteiger partial charge in [-0.1, -0.05) is 33.1 Å². The molecular formula is C6H12B6. The summed E-state index contributed by atoms with van der Waals surface area (Å²) in [7, 11) is 19.9. The molecule has 12 heavy (non-hydrogen) atoms. The van der Waals surface area contributed by atoms with E-state index in [9.17, 15) is 0 Å². The largest absolute Gasteiger partial charge is 0.104 e. The molecule has 0 aliphatic heterocycles. The van der Waals surface area contributed by atoms with Gasteiger partial charge in [0.25, 0.3) is 0 Å². The molecule has 54 valence electrons. The van der Waals surface area contributed by atoms with Gasteiger partial charge in [0.05, 0.1) is 7.17 Å². The smallest absolute Gasteiger partial charge is 0.0510 e. The van der Waals surface area contributed by atoms with Crippen molar-refractivity contribution in [3.63, 3.8) is 0 Å². The molecule has 0 heterocycles. The van der Waals surface area contributed by atoms with E-state index in [0.29, 0.717) is 0 Å². The van der Waals surface area contributed by atoms with Crippen molar-refractivity contribution in [2.45, 2.75) is 38.3 Å². The van der Waals surface area contributed by atoms with Crippen molar-refractivity contribution in [2.24, 2.45) is 0 Å². The lowest BCUT2D eigenvalue weighted by molar-refractivity contribution is 0.656. The van der Waals surface area contributed by atoms with Crippen molar-refractivity contribution in [1.82, 2.24) is 0 Å². The van der Waals surface area contributed by atoms with E-state index in [1.807, 2.05) is 6.92 Å². The van der Waals surface area contributed by atoms with Crippen molar-refractivity contribution in [3.8, 4) is 0 Å². The van der Waals surface area contributed by atoms with E-state index in [4.69, 9.17) is 23.2 Å². The fourth-order valence-corrected chi connectivity index (χ4v) is 1.14. The minimum atomic E-state index is -0.148. The van der Waals surface area contributed by atoms with Crippen LogP contribution in [0.15, 0.2) is 0 Å². The number of rotatable bonds is 6. The van der Waals surface area contributed by atoms with Gasteiger partial charge in [0.15, 0.2) is 0 Å². The highest BCUT2D eigenvalue weighted by molar-refractivity contribution is 7.49. The molecule has 0 fully saturated rings. The quantitative estimate of drug-likeness (QED) is 0.471. The van der Waals surface area contributed by atoms with E-state index in [1.165, 1.54) is 7.06 Å². The molecule has 0 rings (SSSR count). The first-order valence-electron chi connectivity index (χ1n) is 4.47. The molecule has 0 aromatic rings. The molecule has 8 radical (unpaired) electrons. The highest BCUT2D eigenvalue weighted by Crippen LogP contribution is 2.31. The monoisotopic (exact) mass is 150 g/mol. The molecule has 0 amide bonds. The minimum absolute atomic E-state index is 0.144. The van der Waals surface area contributed by atoms with Crippen LogP contribution in [0.25, 0.3) is 0 Å². The van der Waals surface area contributed by atoms with E-state index in [2.05, 4.69) is 6.92 Å². The molecule has 1 atom stereocenters. The van der Waals surface area contributed by atoms with Gasteiger partial charge in [0.2, 0.25) is 0 Å². The Morgan fingerprint density at radius 2 is 2.00 bits per heavy atom. The Kier molecular flexibility index (Phi) is 6.13. The average Bonchev–Trinajstić information content (AvgIpc) is 2.12. The highest BCUT2D eigenvalue weighted by atomic mass is 14.0. The van der Waals surface area contributed by atoms with Crippen LogP contribution in [-0.4, -0.2) is 43.9 Å². The molecule has 0 saturated heterocycles. The molecule has 0 aromatic carbocycles. The molecule has 0 bridgehead atoms. The van der Waals surface area contributed by atoms with Crippen LogP contribution in [-0.2, 0) is 0 Å². The first-order chi connectivity index (χ1) is 5.60. The van der Waals surface area contributed by atoms with E-state index >= 15 is 0 Å². The second kappa shape index (κ2) is 5.94. The van der Waals surface area contributed by atoms with Crippen LogP contribution in [0.4, 0.5) is 0 Å². The SMILES string of the molecule is [B][B]B([B])C(C)([B][B])CCCC. The Labute approximate surface area is 82.7 Å². The Morgan fingerprint density at radius 1 is 1.42 bits per heavy atom. The summed E-state index contributed by atoms with van der Waals surface area (Å²) in [5.41, 5.74) is 0. The third kappa shape index (κ3) is 3.41. The van der Waals surface area contributed by atoms with Gasteiger partial charge in [-0.15, -0.1) is 5.21 Å². The Balaban J connectivity index is 4.03. The third-order valence-corrected chi connectivity index (χ3v) is 2.42. The van der Waals surface area contributed by atoms with Gasteiger partial charge in [-0.3, -0.25) is 0 Å². The summed E-state index contributed by atoms with van der Waals surface area (Å²) < 4.78 is 0. The van der Waals surface area contributed by atoms with E-state index in [1.54, 1.807) is 7.17 Å². The molecular weight excluding hydrogens is 137 g/mol. The van der Waals surface area contributed by atoms with Crippen LogP contribution in [0.1, 0.15) is 33.1 Å². The molecule has 6 heteroatoms. The Morgan fingerprint density at radius 3 is 2.33 bits per heavy atom. The van der Waals surface area contributed by atoms with Crippen molar-refractivity contribution >= 4 is 43.9 Å². The Bertz CT molecular complexity index is 119. The summed E-state index contributed by atoms with van der Waals surface area (Å²) in [5, 5.41) is -0.148. The molecule has 0 saturated carbocycles. The summed E-state index contributed by atoms with van der Waals surface area (Å²) >= 11 is 0. The molecule has 0 aliphatic rings. The topological polar surface area (TPSA) is 0 Å². The summed E-state index contributed by atoms with van der Waals surface area (Å²) in [4.78, 5) is 0. The van der Waals surface area contributed by atoms with Gasteiger partial charge in [-0.25, -0.2) is 0 Å². The van der Waals surface area contributed by atoms with Crippen LogP contribution < -0.4 is 0 Å². The molecule has 1 unspecified atom stereocenters. The minimum Gasteiger partial charge on any atom is -0.104 e. The van der Waals surface area contributed by atoms with Crippen molar-refractivity contribution in [2.75, 3.05) is 0 Å². The van der Waals surface area contributed by atoms with Gasteiger partial charge in [0.1, 0.15) is 0 Å². The maximum atomic E-state index is 5.81. The summed E-state index contributed by atoms with van der Waals surface area (Å²) in [5.74, 6) is 0.